The van der Waals surface area contributed by atoms with E-state index in [1.165, 1.54) is 14.2 Å². The molecule has 11 nitrogen and oxygen atoms in total. The molecule has 1 aromatic rings. The number of hydrogen-bond acceptors (Lipinski definition) is 7. The van der Waals surface area contributed by atoms with Crippen LogP contribution >= 0.6 is 0 Å². The van der Waals surface area contributed by atoms with Crippen molar-refractivity contribution in [3.63, 3.8) is 0 Å². The number of nitrogens with zero attached hydrogens (tertiary/aromatic N) is 1. The number of carbonyl (C=O) groups excluding carboxylic acids is 5. The van der Waals surface area contributed by atoms with Gasteiger partial charge in [-0.2, -0.15) is 0 Å². The second kappa shape index (κ2) is 12.7. The standard InChI is InChI=1S/C24H36N4O7/c1-14-8-9-16(12-15(14)2)20(21(31)26-13-19(30)34-7)28(6)22(32)17(10-11-18(25)29)27-23(33)35-24(3,4)5/h8-9,12,17,20H,10-11,13H2,1-7H3,(H2,25,29)(H,26,31)(H,27,33). The van der Waals surface area contributed by atoms with E-state index in [0.29, 0.717) is 5.56 Å². The summed E-state index contributed by atoms with van der Waals surface area (Å²) < 4.78 is 9.80. The van der Waals surface area contributed by atoms with Crippen LogP contribution in [-0.2, 0) is 28.7 Å². The van der Waals surface area contributed by atoms with Crippen LogP contribution in [0.25, 0.3) is 0 Å². The zero-order chi connectivity index (χ0) is 26.9. The van der Waals surface area contributed by atoms with E-state index in [4.69, 9.17) is 10.5 Å². The topological polar surface area (TPSA) is 157 Å². The largest absolute Gasteiger partial charge is 0.468 e. The Kier molecular flexibility index (Phi) is 10.7. The molecule has 4 amide bonds. The maximum Gasteiger partial charge on any atom is 0.408 e. The third-order valence-corrected chi connectivity index (χ3v) is 5.13. The number of carbonyl (C=O) groups is 5. The SMILES string of the molecule is COC(=O)CNC(=O)C(c1ccc(C)c(C)c1)N(C)C(=O)C(CCC(N)=O)NC(=O)OC(C)(C)C. The zero-order valence-corrected chi connectivity index (χ0v) is 21.4. The maximum atomic E-state index is 13.5. The molecule has 0 radical (unpaired) electrons. The molecular weight excluding hydrogens is 456 g/mol. The highest BCUT2D eigenvalue weighted by atomic mass is 16.6. The van der Waals surface area contributed by atoms with Gasteiger partial charge in [-0.1, -0.05) is 18.2 Å². The number of alkyl carbamates (subject to hydrolysis) is 1. The molecule has 194 valence electrons. The number of rotatable bonds is 10. The number of nitrogens with one attached hydrogen (secondary N) is 2. The van der Waals surface area contributed by atoms with Gasteiger partial charge in [0.1, 0.15) is 24.2 Å². The van der Waals surface area contributed by atoms with Crippen LogP contribution in [0, 0.1) is 13.8 Å². The Labute approximate surface area is 205 Å². The van der Waals surface area contributed by atoms with Crippen molar-refractivity contribution in [2.24, 2.45) is 5.73 Å². The van der Waals surface area contributed by atoms with Crippen LogP contribution in [0.1, 0.15) is 56.3 Å². The van der Waals surface area contributed by atoms with Crippen LogP contribution in [0.4, 0.5) is 4.79 Å². The average molecular weight is 493 g/mol. The van der Waals surface area contributed by atoms with Crippen molar-refractivity contribution >= 4 is 29.8 Å². The quantitative estimate of drug-likeness (QED) is 0.415. The van der Waals surface area contributed by atoms with Crippen LogP contribution in [0.5, 0.6) is 0 Å². The molecule has 35 heavy (non-hydrogen) atoms. The zero-order valence-electron chi connectivity index (χ0n) is 21.4. The fourth-order valence-electron chi connectivity index (χ4n) is 3.18. The molecule has 1 rings (SSSR count). The van der Waals surface area contributed by atoms with Crippen molar-refractivity contribution in [2.75, 3.05) is 20.7 Å². The summed E-state index contributed by atoms with van der Waals surface area (Å²) in [5.74, 6) is -2.58. The van der Waals surface area contributed by atoms with Crippen molar-refractivity contribution in [3.8, 4) is 0 Å². The number of benzene rings is 1. The maximum absolute atomic E-state index is 13.5. The van der Waals surface area contributed by atoms with E-state index >= 15 is 0 Å². The van der Waals surface area contributed by atoms with Crippen molar-refractivity contribution < 1.29 is 33.4 Å². The lowest BCUT2D eigenvalue weighted by Gasteiger charge is -2.31. The fourth-order valence-corrected chi connectivity index (χ4v) is 3.18. The molecular formula is C24H36N4O7. The molecule has 0 bridgehead atoms. The molecule has 2 unspecified atom stereocenters. The van der Waals surface area contributed by atoms with Gasteiger partial charge in [-0.05, 0) is 57.7 Å². The van der Waals surface area contributed by atoms with Gasteiger partial charge in [-0.25, -0.2) is 4.79 Å². The number of esters is 1. The Morgan fingerprint density at radius 1 is 1.09 bits per heavy atom. The number of aryl methyl sites for hydroxylation is 2. The van der Waals surface area contributed by atoms with Gasteiger partial charge in [0.05, 0.1) is 7.11 Å². The first kappa shape index (κ1) is 29.4. The second-order valence-corrected chi connectivity index (χ2v) is 9.19. The minimum Gasteiger partial charge on any atom is -0.468 e. The van der Waals surface area contributed by atoms with Crippen molar-refractivity contribution in [3.05, 3.63) is 34.9 Å². The van der Waals surface area contributed by atoms with E-state index < -0.39 is 47.5 Å². The highest BCUT2D eigenvalue weighted by molar-refractivity contribution is 5.93. The van der Waals surface area contributed by atoms with Crippen LogP contribution < -0.4 is 16.4 Å². The van der Waals surface area contributed by atoms with Crippen molar-refractivity contribution in [1.29, 1.82) is 0 Å². The summed E-state index contributed by atoms with van der Waals surface area (Å²) in [7, 11) is 2.59. The van der Waals surface area contributed by atoms with Gasteiger partial charge in [0.2, 0.25) is 17.7 Å². The van der Waals surface area contributed by atoms with Gasteiger partial charge in [0, 0.05) is 13.5 Å². The Morgan fingerprint density at radius 3 is 2.23 bits per heavy atom. The molecule has 0 aliphatic heterocycles. The smallest absolute Gasteiger partial charge is 0.408 e. The highest BCUT2D eigenvalue weighted by Crippen LogP contribution is 2.24. The molecule has 0 heterocycles. The first-order chi connectivity index (χ1) is 16.2. The van der Waals surface area contributed by atoms with Crippen LogP contribution in [0.15, 0.2) is 18.2 Å². The van der Waals surface area contributed by atoms with Gasteiger partial charge in [-0.3, -0.25) is 19.2 Å². The molecule has 0 aliphatic rings. The van der Waals surface area contributed by atoms with E-state index in [9.17, 15) is 24.0 Å². The van der Waals surface area contributed by atoms with Crippen molar-refractivity contribution in [1.82, 2.24) is 15.5 Å². The summed E-state index contributed by atoms with van der Waals surface area (Å²) >= 11 is 0. The van der Waals surface area contributed by atoms with Gasteiger partial charge in [0.15, 0.2) is 0 Å². The molecule has 0 fully saturated rings. The monoisotopic (exact) mass is 492 g/mol. The number of ether oxygens (including phenoxy) is 2. The molecule has 2 atom stereocenters. The van der Waals surface area contributed by atoms with Crippen LogP contribution in [0.3, 0.4) is 0 Å². The third kappa shape index (κ3) is 9.63. The lowest BCUT2D eigenvalue weighted by molar-refractivity contribution is -0.143. The van der Waals surface area contributed by atoms with Crippen LogP contribution in [-0.4, -0.2) is 67.0 Å². The molecule has 4 N–H and O–H groups in total. The Balaban J connectivity index is 3.30. The molecule has 0 aliphatic carbocycles. The number of likely N-dealkylation sites (N-methyl/N-ethyl adjacent to an activating group) is 1. The predicted octanol–water partition coefficient (Wildman–Crippen LogP) is 1.25. The molecule has 0 saturated heterocycles. The summed E-state index contributed by atoms with van der Waals surface area (Å²) in [6, 6.07) is 2.95. The summed E-state index contributed by atoms with van der Waals surface area (Å²) in [6.45, 7) is 8.38. The van der Waals surface area contributed by atoms with E-state index in [2.05, 4.69) is 15.4 Å². The minimum absolute atomic E-state index is 0.0961. The highest BCUT2D eigenvalue weighted by Gasteiger charge is 2.34. The predicted molar refractivity (Wildman–Crippen MR) is 128 cm³/mol. The van der Waals surface area contributed by atoms with E-state index in [1.807, 2.05) is 19.9 Å². The minimum atomic E-state index is -1.19. The molecule has 11 heteroatoms. The van der Waals surface area contributed by atoms with E-state index in [-0.39, 0.29) is 19.4 Å². The summed E-state index contributed by atoms with van der Waals surface area (Å²) in [5.41, 5.74) is 6.81. The van der Waals surface area contributed by atoms with Gasteiger partial charge < -0.3 is 30.7 Å². The van der Waals surface area contributed by atoms with Gasteiger partial charge >= 0.3 is 12.1 Å². The fraction of sp³-hybridized carbons (Fsp3) is 0.542. The van der Waals surface area contributed by atoms with Crippen molar-refractivity contribution in [2.45, 2.75) is 65.1 Å². The molecule has 0 saturated carbocycles. The normalized spacial score (nSPS) is 12.7. The van der Waals surface area contributed by atoms with E-state index in [0.717, 1.165) is 16.0 Å². The number of primary amides is 1. The third-order valence-electron chi connectivity index (χ3n) is 5.13. The summed E-state index contributed by atoms with van der Waals surface area (Å²) in [4.78, 5) is 63.0. The second-order valence-electron chi connectivity index (χ2n) is 9.19. The number of hydrogen-bond donors (Lipinski definition) is 3. The van der Waals surface area contributed by atoms with Gasteiger partial charge in [-0.15, -0.1) is 0 Å². The summed E-state index contributed by atoms with van der Waals surface area (Å²) in [6.07, 6.45) is -1.13. The summed E-state index contributed by atoms with van der Waals surface area (Å²) in [5, 5.41) is 4.94. The lowest BCUT2D eigenvalue weighted by atomic mass is 9.98. The number of methoxy groups -OCH3 is 1. The number of amides is 4. The lowest BCUT2D eigenvalue weighted by Crippen LogP contribution is -2.52. The Morgan fingerprint density at radius 2 is 1.71 bits per heavy atom. The van der Waals surface area contributed by atoms with Gasteiger partial charge in [0.25, 0.3) is 0 Å². The van der Waals surface area contributed by atoms with E-state index in [1.54, 1.807) is 32.9 Å². The first-order valence-corrected chi connectivity index (χ1v) is 11.1. The first-order valence-electron chi connectivity index (χ1n) is 11.1. The average Bonchev–Trinajstić information content (AvgIpc) is 2.75. The van der Waals surface area contributed by atoms with Crippen LogP contribution in [0.2, 0.25) is 0 Å². The molecule has 0 spiro atoms. The molecule has 1 aromatic carbocycles. The Bertz CT molecular complexity index is 956. The Hall–Kier alpha value is -3.63. The number of nitrogens with two attached hydrogens (primary N) is 1. The molecule has 0 aromatic heterocycles.